The summed E-state index contributed by atoms with van der Waals surface area (Å²) in [7, 11) is 0. The molecule has 0 aromatic heterocycles. The summed E-state index contributed by atoms with van der Waals surface area (Å²) in [6.07, 6.45) is -0.689. The number of aryl methyl sites for hydroxylation is 1. The van der Waals surface area contributed by atoms with Gasteiger partial charge >= 0.3 is 11.9 Å². The molecule has 0 aliphatic heterocycles. The Morgan fingerprint density at radius 1 is 1.30 bits per heavy atom. The number of carbonyl (C=O) groups excluding carboxylic acids is 1. The number of rotatable bonds is 7. The lowest BCUT2D eigenvalue weighted by atomic mass is 10.2. The number of hydrogen-bond acceptors (Lipinski definition) is 4. The van der Waals surface area contributed by atoms with Gasteiger partial charge in [0.1, 0.15) is 11.8 Å². The molecular formula is C13H15NO6. The van der Waals surface area contributed by atoms with E-state index in [2.05, 4.69) is 5.32 Å². The van der Waals surface area contributed by atoms with Crippen LogP contribution in [-0.2, 0) is 14.4 Å². The normalized spacial score (nSPS) is 11.4. The van der Waals surface area contributed by atoms with E-state index in [1.165, 1.54) is 0 Å². The highest BCUT2D eigenvalue weighted by atomic mass is 16.5. The minimum atomic E-state index is -1.47. The van der Waals surface area contributed by atoms with E-state index < -0.39 is 30.3 Å². The van der Waals surface area contributed by atoms with Crippen molar-refractivity contribution in [3.05, 3.63) is 29.8 Å². The number of ether oxygens (including phenoxy) is 1. The molecule has 0 bridgehead atoms. The van der Waals surface area contributed by atoms with Crippen LogP contribution in [0.5, 0.6) is 5.75 Å². The third kappa shape index (κ3) is 5.38. The summed E-state index contributed by atoms with van der Waals surface area (Å²) in [6.45, 7) is 1.48. The number of carboxylic acid groups (broad SMARTS) is 2. The van der Waals surface area contributed by atoms with Crippen molar-refractivity contribution in [2.45, 2.75) is 19.4 Å². The average molecular weight is 281 g/mol. The highest BCUT2D eigenvalue weighted by molar-refractivity contribution is 5.87. The fourth-order valence-electron chi connectivity index (χ4n) is 1.46. The van der Waals surface area contributed by atoms with E-state index in [9.17, 15) is 14.4 Å². The van der Waals surface area contributed by atoms with E-state index in [0.717, 1.165) is 5.56 Å². The van der Waals surface area contributed by atoms with Gasteiger partial charge < -0.3 is 20.3 Å². The minimum absolute atomic E-state index is 0.382. The summed E-state index contributed by atoms with van der Waals surface area (Å²) in [5.74, 6) is -2.93. The fourth-order valence-corrected chi connectivity index (χ4v) is 1.46. The van der Waals surface area contributed by atoms with E-state index in [-0.39, 0.29) is 6.61 Å². The summed E-state index contributed by atoms with van der Waals surface area (Å²) in [5, 5.41) is 19.4. The topological polar surface area (TPSA) is 113 Å². The zero-order valence-electron chi connectivity index (χ0n) is 10.8. The monoisotopic (exact) mass is 281 g/mol. The molecule has 0 saturated heterocycles. The smallest absolute Gasteiger partial charge is 0.326 e. The van der Waals surface area contributed by atoms with Crippen LogP contribution >= 0.6 is 0 Å². The molecule has 7 nitrogen and oxygen atoms in total. The van der Waals surface area contributed by atoms with E-state index in [1.807, 2.05) is 13.0 Å². The molecular weight excluding hydrogens is 266 g/mol. The first-order valence-corrected chi connectivity index (χ1v) is 5.82. The van der Waals surface area contributed by atoms with Gasteiger partial charge in [0, 0.05) is 0 Å². The van der Waals surface area contributed by atoms with Crippen LogP contribution in [0.25, 0.3) is 0 Å². The number of nitrogens with one attached hydrogen (secondary N) is 1. The van der Waals surface area contributed by atoms with Gasteiger partial charge in [0.05, 0.1) is 6.42 Å². The molecule has 1 atom stereocenters. The maximum absolute atomic E-state index is 11.5. The zero-order valence-corrected chi connectivity index (χ0v) is 10.8. The van der Waals surface area contributed by atoms with Gasteiger partial charge in [-0.2, -0.15) is 0 Å². The summed E-state index contributed by atoms with van der Waals surface area (Å²) >= 11 is 0. The molecule has 0 saturated carbocycles. The predicted molar refractivity (Wildman–Crippen MR) is 68.5 cm³/mol. The van der Waals surface area contributed by atoms with Crippen molar-refractivity contribution < 1.29 is 29.3 Å². The molecule has 1 aromatic rings. The zero-order chi connectivity index (χ0) is 15.1. The van der Waals surface area contributed by atoms with Crippen molar-refractivity contribution in [2.75, 3.05) is 6.61 Å². The van der Waals surface area contributed by atoms with Crippen LogP contribution in [0.15, 0.2) is 24.3 Å². The SMILES string of the molecule is Cc1cccc(OCC(=O)NC(CC(=O)O)C(=O)O)c1. The first-order valence-electron chi connectivity index (χ1n) is 5.82. The lowest BCUT2D eigenvalue weighted by Gasteiger charge is -2.13. The predicted octanol–water partition coefficient (Wildman–Crippen LogP) is 0.418. The highest BCUT2D eigenvalue weighted by Crippen LogP contribution is 2.11. The Morgan fingerprint density at radius 3 is 2.55 bits per heavy atom. The van der Waals surface area contributed by atoms with Gasteiger partial charge in [0.25, 0.3) is 5.91 Å². The average Bonchev–Trinajstić information content (AvgIpc) is 2.35. The van der Waals surface area contributed by atoms with Crippen LogP contribution in [-0.4, -0.2) is 40.7 Å². The van der Waals surface area contributed by atoms with Gasteiger partial charge in [-0.05, 0) is 24.6 Å². The van der Waals surface area contributed by atoms with Crippen LogP contribution in [0.1, 0.15) is 12.0 Å². The molecule has 0 aliphatic rings. The minimum Gasteiger partial charge on any atom is -0.484 e. The lowest BCUT2D eigenvalue weighted by Crippen LogP contribution is -2.44. The van der Waals surface area contributed by atoms with Crippen molar-refractivity contribution >= 4 is 17.8 Å². The molecule has 1 aromatic carbocycles. The first-order chi connectivity index (χ1) is 9.38. The third-order valence-corrected chi connectivity index (χ3v) is 2.37. The third-order valence-electron chi connectivity index (χ3n) is 2.37. The Bertz CT molecular complexity index is 513. The van der Waals surface area contributed by atoms with Gasteiger partial charge in [-0.1, -0.05) is 12.1 Å². The Labute approximate surface area is 115 Å². The fraction of sp³-hybridized carbons (Fsp3) is 0.308. The molecule has 0 aliphatic carbocycles. The molecule has 0 spiro atoms. The first kappa shape index (κ1) is 15.5. The second kappa shape index (κ2) is 7.13. The number of carboxylic acids is 2. The molecule has 7 heteroatoms. The molecule has 20 heavy (non-hydrogen) atoms. The highest BCUT2D eigenvalue weighted by Gasteiger charge is 2.23. The van der Waals surface area contributed by atoms with E-state index in [4.69, 9.17) is 14.9 Å². The van der Waals surface area contributed by atoms with Crippen molar-refractivity contribution in [3.63, 3.8) is 0 Å². The maximum atomic E-state index is 11.5. The van der Waals surface area contributed by atoms with Crippen molar-refractivity contribution in [2.24, 2.45) is 0 Å². The Hall–Kier alpha value is -2.57. The number of benzene rings is 1. The van der Waals surface area contributed by atoms with Crippen LogP contribution in [0, 0.1) is 6.92 Å². The standard InChI is InChI=1S/C13H15NO6/c1-8-3-2-4-9(5-8)20-7-11(15)14-10(13(18)19)6-12(16)17/h2-5,10H,6-7H2,1H3,(H,14,15)(H,16,17)(H,18,19). The lowest BCUT2D eigenvalue weighted by molar-refractivity contribution is -0.147. The number of carbonyl (C=O) groups is 3. The summed E-state index contributed by atoms with van der Waals surface area (Å²) in [6, 6.07) is 5.53. The Kier molecular flexibility index (Phi) is 5.52. The number of amides is 1. The largest absolute Gasteiger partial charge is 0.484 e. The summed E-state index contributed by atoms with van der Waals surface area (Å²) in [5.41, 5.74) is 0.956. The molecule has 1 unspecified atom stereocenters. The van der Waals surface area contributed by atoms with Gasteiger partial charge in [-0.15, -0.1) is 0 Å². The van der Waals surface area contributed by atoms with Gasteiger partial charge in [-0.3, -0.25) is 9.59 Å². The second-order valence-electron chi connectivity index (χ2n) is 4.16. The molecule has 3 N–H and O–H groups in total. The van der Waals surface area contributed by atoms with Crippen LogP contribution < -0.4 is 10.1 Å². The number of aliphatic carboxylic acids is 2. The Morgan fingerprint density at radius 2 is 2.00 bits per heavy atom. The molecule has 0 radical (unpaired) electrons. The molecule has 1 amide bonds. The van der Waals surface area contributed by atoms with Crippen LogP contribution in [0.4, 0.5) is 0 Å². The summed E-state index contributed by atoms with van der Waals surface area (Å²) in [4.78, 5) is 32.7. The van der Waals surface area contributed by atoms with Crippen molar-refractivity contribution in [1.29, 1.82) is 0 Å². The van der Waals surface area contributed by atoms with Crippen molar-refractivity contribution in [1.82, 2.24) is 5.32 Å². The molecule has 0 fully saturated rings. The van der Waals surface area contributed by atoms with E-state index in [0.29, 0.717) is 5.75 Å². The quantitative estimate of drug-likeness (QED) is 0.667. The van der Waals surface area contributed by atoms with Gasteiger partial charge in [0.2, 0.25) is 0 Å². The second-order valence-corrected chi connectivity index (χ2v) is 4.16. The van der Waals surface area contributed by atoms with Crippen LogP contribution in [0.2, 0.25) is 0 Å². The number of hydrogen-bond donors (Lipinski definition) is 3. The molecule has 1 rings (SSSR count). The van der Waals surface area contributed by atoms with E-state index in [1.54, 1.807) is 18.2 Å². The van der Waals surface area contributed by atoms with Gasteiger partial charge in [0.15, 0.2) is 6.61 Å². The molecule has 0 heterocycles. The van der Waals surface area contributed by atoms with Crippen LogP contribution in [0.3, 0.4) is 0 Å². The van der Waals surface area contributed by atoms with Gasteiger partial charge in [-0.25, -0.2) is 4.79 Å². The Balaban J connectivity index is 2.49. The van der Waals surface area contributed by atoms with Crippen molar-refractivity contribution in [3.8, 4) is 5.75 Å². The summed E-state index contributed by atoms with van der Waals surface area (Å²) < 4.78 is 5.18. The molecule has 108 valence electrons. The van der Waals surface area contributed by atoms with E-state index >= 15 is 0 Å². The maximum Gasteiger partial charge on any atom is 0.326 e.